The first-order valence-corrected chi connectivity index (χ1v) is 7.87. The van der Waals surface area contributed by atoms with Crippen molar-refractivity contribution in [1.29, 1.82) is 0 Å². The molecule has 1 aromatic carbocycles. The maximum atomic E-state index is 12.5. The molecular weight excluding hydrogens is 280 g/mol. The van der Waals surface area contributed by atoms with Crippen molar-refractivity contribution in [3.05, 3.63) is 29.3 Å². The number of aliphatic hydroxyl groups is 1. The molecule has 5 nitrogen and oxygen atoms in total. The first kappa shape index (κ1) is 14.0. The van der Waals surface area contributed by atoms with Crippen LogP contribution in [0.1, 0.15) is 37.4 Å². The maximum Gasteiger partial charge on any atom is 0.239 e. The predicted molar refractivity (Wildman–Crippen MR) is 81.2 cm³/mol. The predicted octanol–water partition coefficient (Wildman–Crippen LogP) is 1.51. The fourth-order valence-corrected chi connectivity index (χ4v) is 4.70. The van der Waals surface area contributed by atoms with Gasteiger partial charge in [-0.25, -0.2) is 5.01 Å². The Morgan fingerprint density at radius 1 is 1.41 bits per heavy atom. The second-order valence-electron chi connectivity index (χ2n) is 7.16. The van der Waals surface area contributed by atoms with E-state index < -0.39 is 0 Å². The standard InChI is InChI=1S/C17H22N2O3/c1-17(2)8-15(21)18-13(9-20)12-7-11-10(16(12)19(17)18)5-4-6-14(11)22-3/h4-6,12-13,16,20H,7-9H2,1-3H3. The zero-order valence-corrected chi connectivity index (χ0v) is 13.2. The number of rotatable bonds is 2. The molecule has 1 aliphatic carbocycles. The number of carbonyl (C=O) groups is 1. The maximum absolute atomic E-state index is 12.5. The Morgan fingerprint density at radius 2 is 2.18 bits per heavy atom. The number of nitrogens with zero attached hydrogens (tertiary/aromatic N) is 2. The minimum absolute atomic E-state index is 0.00971. The van der Waals surface area contributed by atoms with Gasteiger partial charge in [-0.3, -0.25) is 9.80 Å². The van der Waals surface area contributed by atoms with Crippen molar-refractivity contribution in [1.82, 2.24) is 10.0 Å². The van der Waals surface area contributed by atoms with Gasteiger partial charge in [0.1, 0.15) is 5.75 Å². The molecule has 2 saturated heterocycles. The third-order valence-electron chi connectivity index (χ3n) is 5.50. The molecule has 0 aromatic heterocycles. The number of fused-ring (bicyclic) bond motifs is 5. The molecule has 0 saturated carbocycles. The molecule has 3 atom stereocenters. The molecule has 1 N–H and O–H groups in total. The fourth-order valence-electron chi connectivity index (χ4n) is 4.70. The van der Waals surface area contributed by atoms with Crippen molar-refractivity contribution in [2.45, 2.75) is 44.3 Å². The lowest BCUT2D eigenvalue weighted by atomic mass is 9.90. The van der Waals surface area contributed by atoms with Gasteiger partial charge in [-0.05, 0) is 37.5 Å². The second-order valence-corrected chi connectivity index (χ2v) is 7.16. The highest BCUT2D eigenvalue weighted by molar-refractivity contribution is 5.80. The highest BCUT2D eigenvalue weighted by atomic mass is 16.5. The van der Waals surface area contributed by atoms with Crippen LogP contribution in [0.5, 0.6) is 5.75 Å². The van der Waals surface area contributed by atoms with E-state index in [1.165, 1.54) is 11.1 Å². The topological polar surface area (TPSA) is 53.0 Å². The minimum Gasteiger partial charge on any atom is -0.496 e. The lowest BCUT2D eigenvalue weighted by molar-refractivity contribution is -0.142. The van der Waals surface area contributed by atoms with Gasteiger partial charge >= 0.3 is 0 Å². The van der Waals surface area contributed by atoms with Crippen LogP contribution in [0.3, 0.4) is 0 Å². The Labute approximate surface area is 130 Å². The number of benzene rings is 1. The van der Waals surface area contributed by atoms with Crippen LogP contribution < -0.4 is 4.74 Å². The second kappa shape index (κ2) is 4.46. The van der Waals surface area contributed by atoms with E-state index in [2.05, 4.69) is 24.9 Å². The number of amides is 1. The number of hydrogen-bond donors (Lipinski definition) is 1. The quantitative estimate of drug-likeness (QED) is 0.900. The molecule has 2 heterocycles. The summed E-state index contributed by atoms with van der Waals surface area (Å²) >= 11 is 0. The highest BCUT2D eigenvalue weighted by Gasteiger charge is 2.61. The van der Waals surface area contributed by atoms with Crippen molar-refractivity contribution in [2.24, 2.45) is 5.92 Å². The Hall–Kier alpha value is -1.59. The third kappa shape index (κ3) is 1.58. The Kier molecular flexibility index (Phi) is 2.84. The van der Waals surface area contributed by atoms with Gasteiger partial charge in [0.15, 0.2) is 0 Å². The summed E-state index contributed by atoms with van der Waals surface area (Å²) < 4.78 is 5.51. The summed E-state index contributed by atoms with van der Waals surface area (Å²) in [5.74, 6) is 1.28. The fraction of sp³-hybridized carbons (Fsp3) is 0.588. The van der Waals surface area contributed by atoms with Gasteiger partial charge in [-0.15, -0.1) is 0 Å². The summed E-state index contributed by atoms with van der Waals surface area (Å²) in [6.45, 7) is 4.23. The van der Waals surface area contributed by atoms with Crippen molar-refractivity contribution >= 4 is 5.91 Å². The summed E-state index contributed by atoms with van der Waals surface area (Å²) in [4.78, 5) is 12.5. The normalized spacial score (nSPS) is 32.1. The van der Waals surface area contributed by atoms with E-state index in [1.807, 2.05) is 17.1 Å². The van der Waals surface area contributed by atoms with Crippen LogP contribution in [-0.2, 0) is 11.2 Å². The van der Waals surface area contributed by atoms with E-state index in [4.69, 9.17) is 4.74 Å². The van der Waals surface area contributed by atoms with E-state index in [9.17, 15) is 9.90 Å². The van der Waals surface area contributed by atoms with Crippen molar-refractivity contribution in [3.8, 4) is 5.75 Å². The lowest BCUT2D eigenvalue weighted by Crippen LogP contribution is -2.46. The van der Waals surface area contributed by atoms with Crippen molar-refractivity contribution in [3.63, 3.8) is 0 Å². The molecule has 0 spiro atoms. The summed E-state index contributed by atoms with van der Waals surface area (Å²) in [5.41, 5.74) is 2.26. The smallest absolute Gasteiger partial charge is 0.239 e. The summed E-state index contributed by atoms with van der Waals surface area (Å²) in [5, 5.41) is 13.9. The number of ether oxygens (including phenoxy) is 1. The van der Waals surface area contributed by atoms with Crippen molar-refractivity contribution < 1.29 is 14.6 Å². The Bertz CT molecular complexity index is 643. The summed E-state index contributed by atoms with van der Waals surface area (Å²) in [6, 6.07) is 6.17. The molecule has 2 fully saturated rings. The molecule has 22 heavy (non-hydrogen) atoms. The van der Waals surface area contributed by atoms with Crippen LogP contribution in [0.25, 0.3) is 0 Å². The van der Waals surface area contributed by atoms with E-state index in [0.717, 1.165) is 12.2 Å². The lowest BCUT2D eigenvalue weighted by Gasteiger charge is -2.36. The van der Waals surface area contributed by atoms with Crippen LogP contribution in [0.2, 0.25) is 0 Å². The zero-order chi connectivity index (χ0) is 15.6. The first-order chi connectivity index (χ1) is 10.5. The third-order valence-corrected chi connectivity index (χ3v) is 5.50. The molecular formula is C17H22N2O3. The number of aliphatic hydroxyl groups excluding tert-OH is 1. The molecule has 1 aromatic rings. The van der Waals surface area contributed by atoms with E-state index >= 15 is 0 Å². The average molecular weight is 302 g/mol. The molecule has 0 radical (unpaired) electrons. The Morgan fingerprint density at radius 3 is 2.86 bits per heavy atom. The molecule has 3 aliphatic rings. The Balaban J connectivity index is 1.86. The summed E-state index contributed by atoms with van der Waals surface area (Å²) in [7, 11) is 1.70. The molecule has 0 bridgehead atoms. The van der Waals surface area contributed by atoms with E-state index in [-0.39, 0.29) is 36.1 Å². The number of methoxy groups -OCH3 is 1. The van der Waals surface area contributed by atoms with Crippen LogP contribution in [-0.4, -0.2) is 46.3 Å². The molecule has 3 unspecified atom stereocenters. The molecule has 1 amide bonds. The number of hydrogen-bond acceptors (Lipinski definition) is 4. The molecule has 4 rings (SSSR count). The van der Waals surface area contributed by atoms with Gasteiger partial charge in [0.05, 0.1) is 25.8 Å². The summed E-state index contributed by atoms with van der Waals surface area (Å²) in [6.07, 6.45) is 1.36. The van der Waals surface area contributed by atoms with E-state index in [1.54, 1.807) is 7.11 Å². The molecule has 118 valence electrons. The van der Waals surface area contributed by atoms with Crippen LogP contribution in [0.4, 0.5) is 0 Å². The monoisotopic (exact) mass is 302 g/mol. The molecule has 5 heteroatoms. The van der Waals surface area contributed by atoms with Gasteiger partial charge in [-0.2, -0.15) is 0 Å². The number of hydrazine groups is 1. The highest BCUT2D eigenvalue weighted by Crippen LogP contribution is 2.56. The number of carbonyl (C=O) groups excluding carboxylic acids is 1. The SMILES string of the molecule is COc1cccc2c1CC1C(CO)N3C(=O)CC(C)(C)N3C21. The van der Waals surface area contributed by atoms with Crippen molar-refractivity contribution in [2.75, 3.05) is 13.7 Å². The average Bonchev–Trinajstić information content (AvgIpc) is 3.06. The van der Waals surface area contributed by atoms with Gasteiger partial charge in [0, 0.05) is 17.9 Å². The first-order valence-electron chi connectivity index (χ1n) is 7.87. The van der Waals surface area contributed by atoms with Crippen LogP contribution in [0, 0.1) is 5.92 Å². The van der Waals surface area contributed by atoms with Crippen LogP contribution in [0.15, 0.2) is 18.2 Å². The zero-order valence-electron chi connectivity index (χ0n) is 13.2. The minimum atomic E-state index is -0.214. The van der Waals surface area contributed by atoms with Gasteiger partial charge < -0.3 is 9.84 Å². The largest absolute Gasteiger partial charge is 0.496 e. The van der Waals surface area contributed by atoms with E-state index in [0.29, 0.717) is 6.42 Å². The molecule has 2 aliphatic heterocycles. The van der Waals surface area contributed by atoms with Crippen LogP contribution >= 0.6 is 0 Å². The van der Waals surface area contributed by atoms with Gasteiger partial charge in [0.2, 0.25) is 5.91 Å². The van der Waals surface area contributed by atoms with Gasteiger partial charge in [0.25, 0.3) is 0 Å². The van der Waals surface area contributed by atoms with Gasteiger partial charge in [-0.1, -0.05) is 12.1 Å².